The van der Waals surface area contributed by atoms with Gasteiger partial charge in [0.1, 0.15) is 5.75 Å². The van der Waals surface area contributed by atoms with Crippen LogP contribution in [0.15, 0.2) is 83.3 Å². The average Bonchev–Trinajstić information content (AvgIpc) is 3.00. The minimum Gasteiger partial charge on any atom is -0.503 e. The number of rotatable bonds is 5. The fraction of sp³-hybridized carbons (Fsp3) is 0.130. The van der Waals surface area contributed by atoms with E-state index in [1.54, 1.807) is 24.4 Å². The number of amides is 1. The van der Waals surface area contributed by atoms with Crippen LogP contribution in [-0.2, 0) is 11.3 Å². The Morgan fingerprint density at radius 1 is 1.03 bits per heavy atom. The van der Waals surface area contributed by atoms with Crippen molar-refractivity contribution in [2.75, 3.05) is 7.11 Å². The van der Waals surface area contributed by atoms with Crippen molar-refractivity contribution in [2.24, 2.45) is 0 Å². The molecule has 29 heavy (non-hydrogen) atoms. The van der Waals surface area contributed by atoms with Gasteiger partial charge >= 0.3 is 0 Å². The number of pyridine rings is 1. The lowest BCUT2D eigenvalue weighted by Crippen LogP contribution is -2.29. The molecule has 0 saturated carbocycles. The molecule has 1 aliphatic heterocycles. The van der Waals surface area contributed by atoms with Gasteiger partial charge in [0, 0.05) is 29.0 Å². The van der Waals surface area contributed by atoms with Crippen LogP contribution >= 0.6 is 15.9 Å². The first-order chi connectivity index (χ1) is 14.1. The largest absolute Gasteiger partial charge is 0.503 e. The predicted molar refractivity (Wildman–Crippen MR) is 114 cm³/mol. The summed E-state index contributed by atoms with van der Waals surface area (Å²) in [6, 6.07) is 18.5. The van der Waals surface area contributed by atoms with E-state index in [1.807, 2.05) is 60.7 Å². The average molecular weight is 451 g/mol. The molecule has 0 fully saturated rings. The molecule has 1 aromatic heterocycles. The van der Waals surface area contributed by atoms with E-state index in [4.69, 9.17) is 4.74 Å². The van der Waals surface area contributed by atoms with Crippen LogP contribution in [0.2, 0.25) is 0 Å². The van der Waals surface area contributed by atoms with Gasteiger partial charge in [-0.3, -0.25) is 9.78 Å². The highest BCUT2D eigenvalue weighted by molar-refractivity contribution is 9.10. The third-order valence-corrected chi connectivity index (χ3v) is 5.52. The zero-order chi connectivity index (χ0) is 20.4. The SMILES string of the molecule is COc1ccc(C2=C(O)C(=O)N(Cc3ccncc3)C2c2ccc(Br)cc2)cc1. The normalized spacial score (nSPS) is 16.4. The van der Waals surface area contributed by atoms with E-state index in [0.717, 1.165) is 21.2 Å². The van der Waals surface area contributed by atoms with E-state index in [1.165, 1.54) is 0 Å². The summed E-state index contributed by atoms with van der Waals surface area (Å²) in [5.74, 6) is 0.102. The lowest BCUT2D eigenvalue weighted by molar-refractivity contribution is -0.130. The fourth-order valence-corrected chi connectivity index (χ4v) is 3.82. The van der Waals surface area contributed by atoms with E-state index >= 15 is 0 Å². The van der Waals surface area contributed by atoms with Gasteiger partial charge in [-0.25, -0.2) is 0 Å². The van der Waals surface area contributed by atoms with Crippen LogP contribution < -0.4 is 4.74 Å². The summed E-state index contributed by atoms with van der Waals surface area (Å²) in [5.41, 5.74) is 3.24. The first-order valence-corrected chi connectivity index (χ1v) is 9.90. The number of methoxy groups -OCH3 is 1. The number of benzene rings is 2. The highest BCUT2D eigenvalue weighted by atomic mass is 79.9. The quantitative estimate of drug-likeness (QED) is 0.599. The Hall–Kier alpha value is -3.12. The molecule has 4 rings (SSSR count). The minimum absolute atomic E-state index is 0.225. The Balaban J connectivity index is 1.80. The first-order valence-electron chi connectivity index (χ1n) is 9.11. The Morgan fingerprint density at radius 2 is 1.69 bits per heavy atom. The molecule has 146 valence electrons. The molecule has 1 aliphatic rings. The van der Waals surface area contributed by atoms with Crippen LogP contribution in [0.5, 0.6) is 5.75 Å². The van der Waals surface area contributed by atoms with Crippen molar-refractivity contribution in [3.8, 4) is 5.75 Å². The lowest BCUT2D eigenvalue weighted by atomic mass is 9.93. The van der Waals surface area contributed by atoms with E-state index in [9.17, 15) is 9.90 Å². The smallest absolute Gasteiger partial charge is 0.290 e. The molecule has 1 atom stereocenters. The summed E-state index contributed by atoms with van der Waals surface area (Å²) in [6.07, 6.45) is 3.39. The van der Waals surface area contributed by atoms with Gasteiger partial charge in [0.15, 0.2) is 5.76 Å². The van der Waals surface area contributed by atoms with Crippen molar-refractivity contribution >= 4 is 27.4 Å². The summed E-state index contributed by atoms with van der Waals surface area (Å²) in [6.45, 7) is 0.367. The summed E-state index contributed by atoms with van der Waals surface area (Å²) in [7, 11) is 1.60. The molecule has 0 aliphatic carbocycles. The number of aromatic nitrogens is 1. The maximum Gasteiger partial charge on any atom is 0.290 e. The van der Waals surface area contributed by atoms with Crippen molar-refractivity contribution in [2.45, 2.75) is 12.6 Å². The Morgan fingerprint density at radius 3 is 2.31 bits per heavy atom. The number of ether oxygens (including phenoxy) is 1. The molecule has 6 heteroatoms. The van der Waals surface area contributed by atoms with Crippen molar-refractivity contribution in [3.05, 3.63) is 100.0 Å². The molecule has 2 heterocycles. The van der Waals surface area contributed by atoms with Gasteiger partial charge < -0.3 is 14.7 Å². The first kappa shape index (κ1) is 19.2. The zero-order valence-corrected chi connectivity index (χ0v) is 17.3. The fourth-order valence-electron chi connectivity index (χ4n) is 3.56. The zero-order valence-electron chi connectivity index (χ0n) is 15.7. The summed E-state index contributed by atoms with van der Waals surface area (Å²) < 4.78 is 6.19. The highest BCUT2D eigenvalue weighted by Gasteiger charge is 2.40. The minimum atomic E-state index is -0.405. The van der Waals surface area contributed by atoms with Gasteiger partial charge in [-0.05, 0) is 53.1 Å². The molecule has 5 nitrogen and oxygen atoms in total. The Bertz CT molecular complexity index is 1050. The Kier molecular flexibility index (Phi) is 5.36. The maximum atomic E-state index is 13.0. The summed E-state index contributed by atoms with van der Waals surface area (Å²) in [4.78, 5) is 18.8. The number of hydrogen-bond donors (Lipinski definition) is 1. The molecule has 0 radical (unpaired) electrons. The van der Waals surface area contributed by atoms with Crippen molar-refractivity contribution in [1.82, 2.24) is 9.88 Å². The van der Waals surface area contributed by atoms with Crippen LogP contribution in [0.25, 0.3) is 5.57 Å². The van der Waals surface area contributed by atoms with Crippen LogP contribution in [0.1, 0.15) is 22.7 Å². The van der Waals surface area contributed by atoms with Gasteiger partial charge in [-0.1, -0.05) is 40.2 Å². The molecule has 3 aromatic rings. The van der Waals surface area contributed by atoms with Crippen LogP contribution in [0.3, 0.4) is 0 Å². The number of halogens is 1. The summed E-state index contributed by atoms with van der Waals surface area (Å²) >= 11 is 3.46. The molecule has 0 saturated heterocycles. The van der Waals surface area contributed by atoms with Crippen LogP contribution in [-0.4, -0.2) is 28.0 Å². The molecule has 2 aromatic carbocycles. The number of aliphatic hydroxyl groups excluding tert-OH is 1. The van der Waals surface area contributed by atoms with E-state index in [2.05, 4.69) is 20.9 Å². The van der Waals surface area contributed by atoms with Gasteiger partial charge in [0.2, 0.25) is 0 Å². The molecule has 1 unspecified atom stereocenters. The number of carbonyl (C=O) groups excluding carboxylic acids is 1. The number of carbonyl (C=O) groups is 1. The maximum absolute atomic E-state index is 13.0. The van der Waals surface area contributed by atoms with E-state index < -0.39 is 6.04 Å². The van der Waals surface area contributed by atoms with E-state index in [0.29, 0.717) is 17.9 Å². The summed E-state index contributed by atoms with van der Waals surface area (Å²) in [5, 5.41) is 10.8. The van der Waals surface area contributed by atoms with Crippen molar-refractivity contribution < 1.29 is 14.6 Å². The molecule has 1 N–H and O–H groups in total. The number of hydrogen-bond acceptors (Lipinski definition) is 4. The van der Waals surface area contributed by atoms with Gasteiger partial charge in [-0.15, -0.1) is 0 Å². The number of aliphatic hydroxyl groups is 1. The monoisotopic (exact) mass is 450 g/mol. The van der Waals surface area contributed by atoms with Gasteiger partial charge in [0.05, 0.1) is 13.2 Å². The molecule has 0 spiro atoms. The second-order valence-corrected chi connectivity index (χ2v) is 7.65. The molecular weight excluding hydrogens is 432 g/mol. The Labute approximate surface area is 177 Å². The molecule has 1 amide bonds. The second-order valence-electron chi connectivity index (χ2n) is 6.73. The number of nitrogens with zero attached hydrogens (tertiary/aromatic N) is 2. The van der Waals surface area contributed by atoms with Crippen molar-refractivity contribution in [3.63, 3.8) is 0 Å². The highest BCUT2D eigenvalue weighted by Crippen LogP contribution is 2.44. The van der Waals surface area contributed by atoms with Crippen LogP contribution in [0, 0.1) is 0 Å². The molecular formula is C23H19BrN2O3. The third kappa shape index (κ3) is 3.76. The van der Waals surface area contributed by atoms with Gasteiger partial charge in [-0.2, -0.15) is 0 Å². The third-order valence-electron chi connectivity index (χ3n) is 4.99. The van der Waals surface area contributed by atoms with Crippen LogP contribution in [0.4, 0.5) is 0 Å². The second kappa shape index (κ2) is 8.09. The topological polar surface area (TPSA) is 62.7 Å². The molecule has 0 bridgehead atoms. The lowest BCUT2D eigenvalue weighted by Gasteiger charge is -2.27. The van der Waals surface area contributed by atoms with Gasteiger partial charge in [0.25, 0.3) is 5.91 Å². The van der Waals surface area contributed by atoms with E-state index in [-0.39, 0.29) is 11.7 Å². The standard InChI is InChI=1S/C23H19BrN2O3/c1-29-19-8-4-16(5-9-19)20-21(17-2-6-18(24)7-3-17)26(23(28)22(20)27)14-15-10-12-25-13-11-15/h2-13,21,27H,14H2,1H3. The van der Waals surface area contributed by atoms with Crippen molar-refractivity contribution in [1.29, 1.82) is 0 Å². The predicted octanol–water partition coefficient (Wildman–Crippen LogP) is 4.91.